The zero-order chi connectivity index (χ0) is 16.8. The van der Waals surface area contributed by atoms with Crippen LogP contribution in [0.5, 0.6) is 0 Å². The molecule has 1 heterocycles. The molecular formula is C23H19O+. The van der Waals surface area contributed by atoms with Gasteiger partial charge in [-0.3, -0.25) is 0 Å². The maximum Gasteiger partial charge on any atom is 0.361 e. The fraction of sp³-hybridized carbons (Fsp3) is 0. The molecule has 1 aromatic heterocycles. The first-order valence-electron chi connectivity index (χ1n) is 7.86. The SMILES string of the molecule is C=C/C=C(\C=C)c1cc(-c2ccccc2)cc(-c2ccccc2)[o+]1. The van der Waals surface area contributed by atoms with Crippen molar-refractivity contribution in [1.82, 2.24) is 0 Å². The van der Waals surface area contributed by atoms with Gasteiger partial charge < -0.3 is 0 Å². The third kappa shape index (κ3) is 3.41. The van der Waals surface area contributed by atoms with E-state index >= 15 is 0 Å². The van der Waals surface area contributed by atoms with Crippen molar-refractivity contribution in [1.29, 1.82) is 0 Å². The molecule has 0 spiro atoms. The summed E-state index contributed by atoms with van der Waals surface area (Å²) in [4.78, 5) is 0. The lowest BCUT2D eigenvalue weighted by molar-refractivity contribution is 0.553. The van der Waals surface area contributed by atoms with Gasteiger partial charge in [0, 0.05) is 5.56 Å². The Morgan fingerprint density at radius 1 is 0.750 bits per heavy atom. The molecule has 1 heteroatoms. The maximum absolute atomic E-state index is 6.14. The summed E-state index contributed by atoms with van der Waals surface area (Å²) >= 11 is 0. The van der Waals surface area contributed by atoms with E-state index in [-0.39, 0.29) is 0 Å². The Balaban J connectivity index is 2.21. The molecule has 116 valence electrons. The molecule has 0 amide bonds. The summed E-state index contributed by atoms with van der Waals surface area (Å²) in [7, 11) is 0. The predicted molar refractivity (Wildman–Crippen MR) is 102 cm³/mol. The molecule has 2 aromatic carbocycles. The molecule has 0 unspecified atom stereocenters. The van der Waals surface area contributed by atoms with Crippen molar-refractivity contribution in [2.45, 2.75) is 0 Å². The van der Waals surface area contributed by atoms with Gasteiger partial charge in [0.2, 0.25) is 0 Å². The Morgan fingerprint density at radius 3 is 1.96 bits per heavy atom. The van der Waals surface area contributed by atoms with Gasteiger partial charge in [0.15, 0.2) is 0 Å². The van der Waals surface area contributed by atoms with Crippen molar-refractivity contribution in [3.05, 3.63) is 110 Å². The van der Waals surface area contributed by atoms with Crippen LogP contribution in [0.25, 0.3) is 28.0 Å². The smallest absolute Gasteiger partial charge is 0.207 e. The van der Waals surface area contributed by atoms with E-state index in [0.29, 0.717) is 0 Å². The summed E-state index contributed by atoms with van der Waals surface area (Å²) in [5, 5.41) is 0. The average molecular weight is 311 g/mol. The van der Waals surface area contributed by atoms with Gasteiger partial charge in [-0.15, -0.1) is 0 Å². The van der Waals surface area contributed by atoms with Crippen molar-refractivity contribution in [2.24, 2.45) is 0 Å². The summed E-state index contributed by atoms with van der Waals surface area (Å²) in [5.74, 6) is 1.59. The highest BCUT2D eigenvalue weighted by Gasteiger charge is 2.20. The molecule has 0 saturated carbocycles. The standard InChI is InChI=1S/C23H19O/c1-3-11-18(4-2)22-16-21(19-12-7-5-8-13-19)17-23(24-22)20-14-9-6-10-15-20/h3-17H,1-2H2/q+1/b18-11+. The minimum atomic E-state index is 0.769. The Morgan fingerprint density at radius 2 is 1.38 bits per heavy atom. The van der Waals surface area contributed by atoms with E-state index in [0.717, 1.165) is 33.8 Å². The topological polar surface area (TPSA) is 11.3 Å². The van der Waals surface area contributed by atoms with Gasteiger partial charge in [-0.2, -0.15) is 0 Å². The Hall–Kier alpha value is -3.19. The summed E-state index contributed by atoms with van der Waals surface area (Å²) in [5.41, 5.74) is 4.19. The fourth-order valence-electron chi connectivity index (χ4n) is 2.56. The molecule has 1 nitrogen and oxygen atoms in total. The highest BCUT2D eigenvalue weighted by Crippen LogP contribution is 2.31. The zero-order valence-electron chi connectivity index (χ0n) is 13.5. The Labute approximate surface area is 142 Å². The van der Waals surface area contributed by atoms with Gasteiger partial charge in [0.1, 0.15) is 0 Å². The van der Waals surface area contributed by atoms with Crippen LogP contribution in [0.1, 0.15) is 5.76 Å². The molecule has 0 radical (unpaired) electrons. The Bertz CT molecular complexity index is 817. The molecule has 3 aromatic rings. The summed E-state index contributed by atoms with van der Waals surface area (Å²) in [6.45, 7) is 7.65. The third-order valence-corrected chi connectivity index (χ3v) is 3.76. The first kappa shape index (κ1) is 15.7. The lowest BCUT2D eigenvalue weighted by Crippen LogP contribution is -1.88. The maximum atomic E-state index is 6.14. The van der Waals surface area contributed by atoms with Crippen molar-refractivity contribution < 1.29 is 4.42 Å². The first-order chi connectivity index (χ1) is 11.8. The summed E-state index contributed by atoms with van der Waals surface area (Å²) in [6, 6.07) is 24.5. The van der Waals surface area contributed by atoms with Crippen molar-refractivity contribution >= 4 is 5.57 Å². The van der Waals surface area contributed by atoms with Gasteiger partial charge in [-0.05, 0) is 23.8 Å². The molecule has 0 atom stereocenters. The molecular weight excluding hydrogens is 292 g/mol. The van der Waals surface area contributed by atoms with Crippen LogP contribution in [0.2, 0.25) is 0 Å². The fourth-order valence-corrected chi connectivity index (χ4v) is 2.56. The van der Waals surface area contributed by atoms with Crippen molar-refractivity contribution in [3.63, 3.8) is 0 Å². The van der Waals surface area contributed by atoms with Crippen LogP contribution in [0.3, 0.4) is 0 Å². The molecule has 3 rings (SSSR count). The largest absolute Gasteiger partial charge is 0.361 e. The van der Waals surface area contributed by atoms with E-state index in [1.165, 1.54) is 0 Å². The molecule has 0 N–H and O–H groups in total. The number of benzene rings is 2. The second-order valence-corrected chi connectivity index (χ2v) is 5.37. The van der Waals surface area contributed by atoms with E-state index < -0.39 is 0 Å². The molecule has 0 aliphatic heterocycles. The predicted octanol–water partition coefficient (Wildman–Crippen LogP) is 6.65. The van der Waals surface area contributed by atoms with Crippen molar-refractivity contribution in [2.75, 3.05) is 0 Å². The number of hydrogen-bond donors (Lipinski definition) is 0. The van der Waals surface area contributed by atoms with E-state index in [2.05, 4.69) is 31.4 Å². The van der Waals surface area contributed by atoms with Gasteiger partial charge >= 0.3 is 11.5 Å². The molecule has 0 aliphatic carbocycles. The average Bonchev–Trinajstić information content (AvgIpc) is 2.67. The van der Waals surface area contributed by atoms with E-state index in [9.17, 15) is 0 Å². The van der Waals surface area contributed by atoms with Crippen LogP contribution in [0, 0.1) is 0 Å². The molecule has 24 heavy (non-hydrogen) atoms. The van der Waals surface area contributed by atoms with Crippen LogP contribution in [0.4, 0.5) is 0 Å². The number of allylic oxidation sites excluding steroid dienone is 4. The van der Waals surface area contributed by atoms with Gasteiger partial charge in [-0.25, -0.2) is 4.42 Å². The Kier molecular flexibility index (Phi) is 4.83. The summed E-state index contributed by atoms with van der Waals surface area (Å²) < 4.78 is 6.14. The molecule has 0 saturated heterocycles. The van der Waals surface area contributed by atoms with Gasteiger partial charge in [-0.1, -0.05) is 73.8 Å². The third-order valence-electron chi connectivity index (χ3n) is 3.76. The quantitative estimate of drug-likeness (QED) is 0.379. The van der Waals surface area contributed by atoms with E-state index in [1.54, 1.807) is 12.2 Å². The normalized spacial score (nSPS) is 11.1. The second-order valence-electron chi connectivity index (χ2n) is 5.37. The van der Waals surface area contributed by atoms with Crippen LogP contribution >= 0.6 is 0 Å². The monoisotopic (exact) mass is 311 g/mol. The van der Waals surface area contributed by atoms with Gasteiger partial charge in [0.25, 0.3) is 0 Å². The summed E-state index contributed by atoms with van der Waals surface area (Å²) in [6.07, 6.45) is 5.42. The molecule has 0 aliphatic rings. The van der Waals surface area contributed by atoms with E-state index in [1.807, 2.05) is 60.7 Å². The van der Waals surface area contributed by atoms with Crippen molar-refractivity contribution in [3.8, 4) is 22.5 Å². The second kappa shape index (κ2) is 7.38. The highest BCUT2D eigenvalue weighted by molar-refractivity contribution is 5.77. The van der Waals surface area contributed by atoms with Crippen LogP contribution < -0.4 is 0 Å². The van der Waals surface area contributed by atoms with Crippen LogP contribution in [0.15, 0.2) is 109 Å². The first-order valence-corrected chi connectivity index (χ1v) is 7.86. The molecule has 0 fully saturated rings. The van der Waals surface area contributed by atoms with Crippen LogP contribution in [-0.4, -0.2) is 0 Å². The lowest BCUT2D eigenvalue weighted by Gasteiger charge is -2.02. The van der Waals surface area contributed by atoms with Crippen LogP contribution in [-0.2, 0) is 0 Å². The van der Waals surface area contributed by atoms with Gasteiger partial charge in [0.05, 0.1) is 23.3 Å². The zero-order valence-corrected chi connectivity index (χ0v) is 13.5. The number of rotatable bonds is 5. The minimum absolute atomic E-state index is 0.769. The molecule has 0 bridgehead atoms. The number of hydrogen-bond acceptors (Lipinski definition) is 0. The highest BCUT2D eigenvalue weighted by atomic mass is 16.3. The lowest BCUT2D eigenvalue weighted by atomic mass is 10.0. The van der Waals surface area contributed by atoms with E-state index in [4.69, 9.17) is 4.42 Å². The minimum Gasteiger partial charge on any atom is -0.207 e.